The molecule has 0 spiro atoms. The topological polar surface area (TPSA) is 74.6 Å². The Balaban J connectivity index is 0. The maximum absolute atomic E-state index is 9.25. The maximum atomic E-state index is 9.25. The fourth-order valence-electron chi connectivity index (χ4n) is 0.385. The first-order valence-electron chi connectivity index (χ1n) is 4.05. The molecule has 0 amide bonds. The van der Waals surface area contributed by atoms with E-state index >= 15 is 0 Å². The number of carboxylic acids is 2. The van der Waals surface area contributed by atoms with Crippen LogP contribution < -0.4 is 0 Å². The first kappa shape index (κ1) is 15.4. The standard InChI is InChI=1S/C6H6.C3H4O2.C2H4O2/c1-2-4-6-5-3-1;1-2-3(4)5;1-2(3)4/h1-6H;2H,1H2,(H,4,5);1H3,(H,3,4). The molecular formula is C11H14O4. The molecule has 1 aromatic carbocycles. The Bertz CT molecular complexity index is 249. The zero-order valence-corrected chi connectivity index (χ0v) is 8.46. The Labute approximate surface area is 88.5 Å². The SMILES string of the molecule is C=CC(=O)O.CC(=O)O.c1ccccc1. The van der Waals surface area contributed by atoms with Crippen molar-refractivity contribution in [2.45, 2.75) is 6.92 Å². The predicted molar refractivity (Wildman–Crippen MR) is 57.6 cm³/mol. The van der Waals surface area contributed by atoms with E-state index in [2.05, 4.69) is 6.58 Å². The van der Waals surface area contributed by atoms with Crippen LogP contribution in [-0.2, 0) is 9.59 Å². The van der Waals surface area contributed by atoms with E-state index in [1.54, 1.807) is 0 Å². The number of rotatable bonds is 1. The second-order valence-corrected chi connectivity index (χ2v) is 2.22. The molecule has 2 N–H and O–H groups in total. The molecule has 0 fully saturated rings. The van der Waals surface area contributed by atoms with Crippen molar-refractivity contribution in [3.8, 4) is 0 Å². The summed E-state index contributed by atoms with van der Waals surface area (Å²) in [6.07, 6.45) is 0.833. The van der Waals surface area contributed by atoms with Gasteiger partial charge >= 0.3 is 5.97 Å². The van der Waals surface area contributed by atoms with E-state index in [4.69, 9.17) is 15.0 Å². The quantitative estimate of drug-likeness (QED) is 0.695. The highest BCUT2D eigenvalue weighted by Gasteiger charge is 1.73. The fraction of sp³-hybridized carbons (Fsp3) is 0.0909. The van der Waals surface area contributed by atoms with Gasteiger partial charge < -0.3 is 10.2 Å². The molecule has 0 bridgehead atoms. The van der Waals surface area contributed by atoms with Crippen LogP contribution in [0.1, 0.15) is 6.92 Å². The van der Waals surface area contributed by atoms with Gasteiger partial charge in [0.2, 0.25) is 0 Å². The number of aliphatic carboxylic acids is 2. The molecule has 0 heterocycles. The van der Waals surface area contributed by atoms with Gasteiger partial charge in [0.05, 0.1) is 0 Å². The Morgan fingerprint density at radius 2 is 1.13 bits per heavy atom. The minimum Gasteiger partial charge on any atom is -0.481 e. The number of benzene rings is 1. The smallest absolute Gasteiger partial charge is 0.327 e. The van der Waals surface area contributed by atoms with Gasteiger partial charge in [-0.15, -0.1) is 0 Å². The van der Waals surface area contributed by atoms with Crippen molar-refractivity contribution in [2.75, 3.05) is 0 Å². The van der Waals surface area contributed by atoms with Gasteiger partial charge in [-0.05, 0) is 0 Å². The van der Waals surface area contributed by atoms with E-state index < -0.39 is 11.9 Å². The van der Waals surface area contributed by atoms with Crippen LogP contribution in [-0.4, -0.2) is 22.2 Å². The first-order chi connectivity index (χ1) is 7.00. The molecule has 15 heavy (non-hydrogen) atoms. The minimum atomic E-state index is -0.981. The second kappa shape index (κ2) is 11.9. The molecule has 0 aromatic heterocycles. The molecule has 0 atom stereocenters. The van der Waals surface area contributed by atoms with Crippen LogP contribution in [0.2, 0.25) is 0 Å². The Morgan fingerprint density at radius 3 is 1.20 bits per heavy atom. The summed E-state index contributed by atoms with van der Waals surface area (Å²) in [5, 5.41) is 15.0. The number of hydrogen-bond acceptors (Lipinski definition) is 2. The summed E-state index contributed by atoms with van der Waals surface area (Å²) in [7, 11) is 0. The van der Waals surface area contributed by atoms with Gasteiger partial charge in [0.25, 0.3) is 5.97 Å². The second-order valence-electron chi connectivity index (χ2n) is 2.22. The van der Waals surface area contributed by atoms with Crippen LogP contribution in [0.15, 0.2) is 49.1 Å². The first-order valence-corrected chi connectivity index (χ1v) is 4.05. The zero-order chi connectivity index (χ0) is 12.1. The maximum Gasteiger partial charge on any atom is 0.327 e. The lowest BCUT2D eigenvalue weighted by Crippen LogP contribution is -1.82. The number of carboxylic acid groups (broad SMARTS) is 2. The van der Waals surface area contributed by atoms with Crippen molar-refractivity contribution in [3.63, 3.8) is 0 Å². The summed E-state index contributed by atoms with van der Waals surface area (Å²) >= 11 is 0. The van der Waals surface area contributed by atoms with Crippen LogP contribution in [0.4, 0.5) is 0 Å². The van der Waals surface area contributed by atoms with E-state index in [0.717, 1.165) is 13.0 Å². The van der Waals surface area contributed by atoms with E-state index in [9.17, 15) is 4.79 Å². The highest BCUT2D eigenvalue weighted by Crippen LogP contribution is 1.79. The average Bonchev–Trinajstić information content (AvgIpc) is 2.20. The summed E-state index contributed by atoms with van der Waals surface area (Å²) < 4.78 is 0. The van der Waals surface area contributed by atoms with Gasteiger partial charge in [0.1, 0.15) is 0 Å². The molecule has 0 radical (unpaired) electrons. The molecule has 1 rings (SSSR count). The Kier molecular flexibility index (Phi) is 12.2. The molecule has 0 aliphatic rings. The van der Waals surface area contributed by atoms with Crippen molar-refractivity contribution >= 4 is 11.9 Å². The Morgan fingerprint density at radius 1 is 1.00 bits per heavy atom. The lowest BCUT2D eigenvalue weighted by atomic mass is 10.4. The molecule has 4 nitrogen and oxygen atoms in total. The van der Waals surface area contributed by atoms with Crippen molar-refractivity contribution in [1.29, 1.82) is 0 Å². The van der Waals surface area contributed by atoms with Crippen LogP contribution in [0.3, 0.4) is 0 Å². The third-order valence-corrected chi connectivity index (χ3v) is 0.841. The number of carbonyl (C=O) groups is 2. The summed E-state index contributed by atoms with van der Waals surface area (Å²) in [6, 6.07) is 12.0. The van der Waals surface area contributed by atoms with Crippen molar-refractivity contribution in [2.24, 2.45) is 0 Å². The van der Waals surface area contributed by atoms with Crippen LogP contribution >= 0.6 is 0 Å². The van der Waals surface area contributed by atoms with Crippen LogP contribution in [0, 0.1) is 0 Å². The molecule has 0 saturated carbocycles. The monoisotopic (exact) mass is 210 g/mol. The van der Waals surface area contributed by atoms with E-state index in [-0.39, 0.29) is 0 Å². The molecule has 4 heteroatoms. The number of hydrogen-bond donors (Lipinski definition) is 2. The third kappa shape index (κ3) is 33.5. The molecule has 0 unspecified atom stereocenters. The van der Waals surface area contributed by atoms with Gasteiger partial charge in [-0.25, -0.2) is 4.79 Å². The minimum absolute atomic E-state index is 0.833. The molecule has 0 saturated heterocycles. The van der Waals surface area contributed by atoms with Gasteiger partial charge in [0.15, 0.2) is 0 Å². The summed E-state index contributed by atoms with van der Waals surface area (Å²) in [4.78, 5) is 18.2. The van der Waals surface area contributed by atoms with Crippen molar-refractivity contribution < 1.29 is 19.8 Å². The van der Waals surface area contributed by atoms with Crippen molar-refractivity contribution in [1.82, 2.24) is 0 Å². The van der Waals surface area contributed by atoms with Crippen LogP contribution in [0.25, 0.3) is 0 Å². The normalized spacial score (nSPS) is 7.00. The van der Waals surface area contributed by atoms with E-state index in [0.29, 0.717) is 0 Å². The van der Waals surface area contributed by atoms with Gasteiger partial charge in [-0.1, -0.05) is 43.0 Å². The lowest BCUT2D eigenvalue weighted by molar-refractivity contribution is -0.134. The largest absolute Gasteiger partial charge is 0.481 e. The van der Waals surface area contributed by atoms with Gasteiger partial charge in [0, 0.05) is 13.0 Å². The molecule has 0 aliphatic heterocycles. The molecular weight excluding hydrogens is 196 g/mol. The molecule has 82 valence electrons. The van der Waals surface area contributed by atoms with Gasteiger partial charge in [-0.3, -0.25) is 4.79 Å². The summed E-state index contributed by atoms with van der Waals surface area (Å²) in [5.74, 6) is -1.81. The summed E-state index contributed by atoms with van der Waals surface area (Å²) in [5.41, 5.74) is 0. The molecule has 1 aromatic rings. The average molecular weight is 210 g/mol. The zero-order valence-electron chi connectivity index (χ0n) is 8.46. The van der Waals surface area contributed by atoms with E-state index in [1.165, 1.54) is 0 Å². The highest BCUT2D eigenvalue weighted by atomic mass is 16.4. The van der Waals surface area contributed by atoms with E-state index in [1.807, 2.05) is 36.4 Å². The third-order valence-electron chi connectivity index (χ3n) is 0.841. The van der Waals surface area contributed by atoms with Crippen LogP contribution in [0.5, 0.6) is 0 Å². The predicted octanol–water partition coefficient (Wildman–Crippen LogP) is 2.03. The highest BCUT2D eigenvalue weighted by molar-refractivity contribution is 5.78. The Hall–Kier alpha value is -2.10. The fourth-order valence-corrected chi connectivity index (χ4v) is 0.385. The summed E-state index contributed by atoms with van der Waals surface area (Å²) in [6.45, 7) is 4.04. The lowest BCUT2D eigenvalue weighted by Gasteiger charge is -1.69. The van der Waals surface area contributed by atoms with Gasteiger partial charge in [-0.2, -0.15) is 0 Å². The van der Waals surface area contributed by atoms with Crippen molar-refractivity contribution in [3.05, 3.63) is 49.1 Å². The molecule has 0 aliphatic carbocycles.